The third-order valence-electron chi connectivity index (χ3n) is 5.14. The van der Waals surface area contributed by atoms with Crippen molar-refractivity contribution < 1.29 is 28.6 Å². The third kappa shape index (κ3) is 3.26. The molecule has 2 aliphatic rings. The van der Waals surface area contributed by atoms with Crippen molar-refractivity contribution in [2.45, 2.75) is 25.1 Å². The van der Waals surface area contributed by atoms with Crippen molar-refractivity contribution in [1.29, 1.82) is 0 Å². The van der Waals surface area contributed by atoms with Crippen LogP contribution in [0.1, 0.15) is 35.0 Å². The van der Waals surface area contributed by atoms with Crippen LogP contribution in [0.3, 0.4) is 0 Å². The quantitative estimate of drug-likeness (QED) is 0.781. The monoisotopic (exact) mass is 396 g/mol. The van der Waals surface area contributed by atoms with Crippen molar-refractivity contribution in [1.82, 2.24) is 4.90 Å². The molecular formula is C21H20N2O6. The van der Waals surface area contributed by atoms with Gasteiger partial charge in [0.05, 0.1) is 25.5 Å². The molecule has 29 heavy (non-hydrogen) atoms. The lowest BCUT2D eigenvalue weighted by Gasteiger charge is -2.29. The molecule has 0 aromatic heterocycles. The number of carbonyl (C=O) groups excluding carboxylic acids is 3. The van der Waals surface area contributed by atoms with Crippen molar-refractivity contribution in [2.75, 3.05) is 19.5 Å². The van der Waals surface area contributed by atoms with Gasteiger partial charge in [0.15, 0.2) is 0 Å². The summed E-state index contributed by atoms with van der Waals surface area (Å²) in [6.45, 7) is 0. The molecular weight excluding hydrogens is 376 g/mol. The van der Waals surface area contributed by atoms with E-state index < -0.39 is 18.2 Å². The maximum atomic E-state index is 13.0. The van der Waals surface area contributed by atoms with E-state index in [1.54, 1.807) is 42.5 Å². The molecule has 8 nitrogen and oxygen atoms in total. The second-order valence-corrected chi connectivity index (χ2v) is 6.76. The summed E-state index contributed by atoms with van der Waals surface area (Å²) in [5.41, 5.74) is 1.46. The van der Waals surface area contributed by atoms with Crippen LogP contribution in [0.5, 0.6) is 11.5 Å². The number of likely N-dealkylation sites (tertiary alicyclic amines) is 1. The Morgan fingerprint density at radius 1 is 1.14 bits per heavy atom. The van der Waals surface area contributed by atoms with Crippen LogP contribution in [0.15, 0.2) is 42.5 Å². The molecule has 0 bridgehead atoms. The minimum Gasteiger partial charge on any atom is -0.497 e. The Morgan fingerprint density at radius 3 is 2.69 bits per heavy atom. The number of fused-ring (bicyclic) bond motifs is 1. The van der Waals surface area contributed by atoms with E-state index in [2.05, 4.69) is 5.32 Å². The standard InChI is InChI=1S/C21H20N2O6/c1-27-12-7-8-15(17(11-12)28-2)22-19(25)16-9-10-18(24)23(16)20-13-5-3-4-6-14(13)21(26)29-20/h3-8,11,16,20H,9-10H2,1-2H3,(H,22,25)/t16-,20?/m0/s1. The Labute approximate surface area is 167 Å². The Kier molecular flexibility index (Phi) is 4.84. The topological polar surface area (TPSA) is 94.2 Å². The molecule has 0 aliphatic carbocycles. The number of hydrogen-bond acceptors (Lipinski definition) is 6. The van der Waals surface area contributed by atoms with E-state index in [1.165, 1.54) is 19.1 Å². The van der Waals surface area contributed by atoms with Crippen molar-refractivity contribution >= 4 is 23.5 Å². The lowest BCUT2D eigenvalue weighted by molar-refractivity contribution is -0.144. The smallest absolute Gasteiger partial charge is 0.340 e. The minimum atomic E-state index is -0.901. The Balaban J connectivity index is 1.59. The summed E-state index contributed by atoms with van der Waals surface area (Å²) in [5.74, 6) is -0.0828. The zero-order chi connectivity index (χ0) is 20.5. The van der Waals surface area contributed by atoms with Gasteiger partial charge in [0.25, 0.3) is 0 Å². The number of hydrogen-bond donors (Lipinski definition) is 1. The first kappa shape index (κ1) is 18.8. The lowest BCUT2D eigenvalue weighted by Crippen LogP contribution is -2.43. The van der Waals surface area contributed by atoms with E-state index in [0.717, 1.165) is 0 Å². The van der Waals surface area contributed by atoms with Crippen molar-refractivity contribution in [3.63, 3.8) is 0 Å². The van der Waals surface area contributed by atoms with Gasteiger partial charge >= 0.3 is 5.97 Å². The number of rotatable bonds is 5. The Hall–Kier alpha value is -3.55. The molecule has 8 heteroatoms. The minimum absolute atomic E-state index is 0.202. The van der Waals surface area contributed by atoms with E-state index in [9.17, 15) is 14.4 Å². The summed E-state index contributed by atoms with van der Waals surface area (Å²) in [7, 11) is 3.03. The Bertz CT molecular complexity index is 989. The first-order valence-corrected chi connectivity index (χ1v) is 9.17. The van der Waals surface area contributed by atoms with Crippen LogP contribution in [0.2, 0.25) is 0 Å². The SMILES string of the molecule is COc1ccc(NC(=O)[C@@H]2CCC(=O)N2C2OC(=O)c3ccccc32)c(OC)c1. The molecule has 0 radical (unpaired) electrons. The summed E-state index contributed by atoms with van der Waals surface area (Å²) >= 11 is 0. The van der Waals surface area contributed by atoms with Gasteiger partial charge in [-0.1, -0.05) is 18.2 Å². The maximum Gasteiger partial charge on any atom is 0.340 e. The molecule has 4 rings (SSSR count). The van der Waals surface area contributed by atoms with Gasteiger partial charge in [-0.05, 0) is 24.6 Å². The summed E-state index contributed by atoms with van der Waals surface area (Å²) in [5, 5.41) is 2.81. The van der Waals surface area contributed by atoms with E-state index in [0.29, 0.717) is 34.7 Å². The van der Waals surface area contributed by atoms with Crippen molar-refractivity contribution in [2.24, 2.45) is 0 Å². The highest BCUT2D eigenvalue weighted by molar-refractivity contribution is 6.01. The second kappa shape index (κ2) is 7.46. The van der Waals surface area contributed by atoms with Crippen LogP contribution >= 0.6 is 0 Å². The van der Waals surface area contributed by atoms with Crippen molar-refractivity contribution in [3.8, 4) is 11.5 Å². The van der Waals surface area contributed by atoms with Gasteiger partial charge in [0.2, 0.25) is 18.0 Å². The number of nitrogens with zero attached hydrogens (tertiary/aromatic N) is 1. The number of cyclic esters (lactones) is 1. The van der Waals surface area contributed by atoms with Gasteiger partial charge in [-0.25, -0.2) is 4.79 Å². The molecule has 2 aromatic carbocycles. The van der Waals surface area contributed by atoms with Crippen LogP contribution in [0, 0.1) is 0 Å². The van der Waals surface area contributed by atoms with Gasteiger partial charge in [-0.15, -0.1) is 0 Å². The summed E-state index contributed by atoms with van der Waals surface area (Å²) < 4.78 is 15.9. The fraction of sp³-hybridized carbons (Fsp3) is 0.286. The largest absolute Gasteiger partial charge is 0.497 e. The number of amides is 2. The summed E-state index contributed by atoms with van der Waals surface area (Å²) in [4.78, 5) is 39.1. The number of nitrogens with one attached hydrogen (secondary N) is 1. The molecule has 0 saturated carbocycles. The molecule has 1 N–H and O–H groups in total. The number of esters is 1. The van der Waals surface area contributed by atoms with Gasteiger partial charge < -0.3 is 19.5 Å². The number of anilines is 1. The summed E-state index contributed by atoms with van der Waals surface area (Å²) in [6.07, 6.45) is -0.366. The van der Waals surface area contributed by atoms with Gasteiger partial charge in [0, 0.05) is 18.1 Å². The van der Waals surface area contributed by atoms with Crippen LogP contribution in [0.25, 0.3) is 0 Å². The molecule has 150 valence electrons. The molecule has 1 saturated heterocycles. The third-order valence-corrected chi connectivity index (χ3v) is 5.14. The van der Waals surface area contributed by atoms with E-state index in [1.807, 2.05) is 0 Å². The van der Waals surface area contributed by atoms with Crippen molar-refractivity contribution in [3.05, 3.63) is 53.6 Å². The molecule has 1 unspecified atom stereocenters. The fourth-order valence-electron chi connectivity index (χ4n) is 3.70. The summed E-state index contributed by atoms with van der Waals surface area (Å²) in [6, 6.07) is 11.1. The number of ether oxygens (including phenoxy) is 3. The van der Waals surface area contributed by atoms with Gasteiger partial charge in [0.1, 0.15) is 17.5 Å². The first-order valence-electron chi connectivity index (χ1n) is 9.17. The average molecular weight is 396 g/mol. The van der Waals surface area contributed by atoms with E-state index in [4.69, 9.17) is 14.2 Å². The average Bonchev–Trinajstić information content (AvgIpc) is 3.28. The number of benzene rings is 2. The second-order valence-electron chi connectivity index (χ2n) is 6.76. The molecule has 2 heterocycles. The normalized spacial score (nSPS) is 20.3. The highest BCUT2D eigenvalue weighted by atomic mass is 16.6. The maximum absolute atomic E-state index is 13.0. The number of carbonyl (C=O) groups is 3. The molecule has 2 aromatic rings. The highest BCUT2D eigenvalue weighted by Crippen LogP contribution is 2.38. The van der Waals surface area contributed by atoms with Crippen LogP contribution in [0.4, 0.5) is 5.69 Å². The highest BCUT2D eigenvalue weighted by Gasteiger charge is 2.46. The lowest BCUT2D eigenvalue weighted by atomic mass is 10.1. The molecule has 2 aliphatic heterocycles. The molecule has 1 fully saturated rings. The fourth-order valence-corrected chi connectivity index (χ4v) is 3.70. The van der Waals surface area contributed by atoms with Gasteiger partial charge in [-0.2, -0.15) is 0 Å². The van der Waals surface area contributed by atoms with E-state index >= 15 is 0 Å². The van der Waals surface area contributed by atoms with Gasteiger partial charge in [-0.3, -0.25) is 14.5 Å². The predicted octanol–water partition coefficient (Wildman–Crippen LogP) is 2.50. The van der Waals surface area contributed by atoms with Crippen LogP contribution in [-0.2, 0) is 14.3 Å². The zero-order valence-electron chi connectivity index (χ0n) is 16.0. The Morgan fingerprint density at radius 2 is 1.93 bits per heavy atom. The first-order chi connectivity index (χ1) is 14.0. The van der Waals surface area contributed by atoms with Crippen LogP contribution in [-0.4, -0.2) is 42.9 Å². The van der Waals surface area contributed by atoms with Crippen LogP contribution < -0.4 is 14.8 Å². The molecule has 2 amide bonds. The molecule has 2 atom stereocenters. The number of methoxy groups -OCH3 is 2. The van der Waals surface area contributed by atoms with E-state index in [-0.39, 0.29) is 18.2 Å². The molecule has 0 spiro atoms. The zero-order valence-corrected chi connectivity index (χ0v) is 16.0. The predicted molar refractivity (Wildman–Crippen MR) is 103 cm³/mol.